The van der Waals surface area contributed by atoms with E-state index in [1.807, 2.05) is 31.2 Å². The van der Waals surface area contributed by atoms with Crippen LogP contribution in [0.4, 0.5) is 0 Å². The molecule has 2 aromatic rings. The lowest BCUT2D eigenvalue weighted by Gasteiger charge is -2.09. The molecule has 0 aliphatic rings. The number of hydrogen-bond acceptors (Lipinski definition) is 4. The normalized spacial score (nSPS) is 11.1. The monoisotopic (exact) mass is 346 g/mol. The van der Waals surface area contributed by atoms with Crippen LogP contribution in [0.5, 0.6) is 11.5 Å². The van der Waals surface area contributed by atoms with Crippen LogP contribution in [-0.4, -0.2) is 25.3 Å². The van der Waals surface area contributed by atoms with E-state index in [1.165, 1.54) is 0 Å². The van der Waals surface area contributed by atoms with Crippen molar-refractivity contribution in [1.82, 2.24) is 5.43 Å². The van der Waals surface area contributed by atoms with Gasteiger partial charge in [0.1, 0.15) is 11.5 Å². The summed E-state index contributed by atoms with van der Waals surface area (Å²) in [5.74, 6) is 1.00. The molecule has 24 heavy (non-hydrogen) atoms. The van der Waals surface area contributed by atoms with Gasteiger partial charge in [0.2, 0.25) is 0 Å². The maximum Gasteiger partial charge on any atom is 0.277 e. The molecule has 0 bridgehead atoms. The molecule has 1 amide bonds. The molecular formula is C18H19ClN2O3. The number of ether oxygens (including phenoxy) is 2. The third-order valence-electron chi connectivity index (χ3n) is 3.33. The van der Waals surface area contributed by atoms with Crippen LogP contribution in [0.3, 0.4) is 0 Å². The largest absolute Gasteiger partial charge is 0.497 e. The Labute approximate surface area is 146 Å². The van der Waals surface area contributed by atoms with Crippen molar-refractivity contribution in [2.45, 2.75) is 13.8 Å². The van der Waals surface area contributed by atoms with E-state index in [4.69, 9.17) is 21.1 Å². The predicted octanol–water partition coefficient (Wildman–Crippen LogP) is 3.58. The Morgan fingerprint density at radius 1 is 1.25 bits per heavy atom. The minimum Gasteiger partial charge on any atom is -0.497 e. The summed E-state index contributed by atoms with van der Waals surface area (Å²) in [5, 5.41) is 4.71. The summed E-state index contributed by atoms with van der Waals surface area (Å²) >= 11 is 5.88. The van der Waals surface area contributed by atoms with Gasteiger partial charge in [-0.2, -0.15) is 5.10 Å². The lowest BCUT2D eigenvalue weighted by atomic mass is 10.1. The third-order valence-corrected chi connectivity index (χ3v) is 3.57. The summed E-state index contributed by atoms with van der Waals surface area (Å²) in [5.41, 5.74) is 4.88. The summed E-state index contributed by atoms with van der Waals surface area (Å²) in [6, 6.07) is 12.7. The molecule has 0 unspecified atom stereocenters. The molecule has 0 heterocycles. The second-order valence-electron chi connectivity index (χ2n) is 5.16. The molecule has 6 heteroatoms. The molecule has 1 N–H and O–H groups in total. The zero-order valence-corrected chi connectivity index (χ0v) is 14.6. The molecule has 0 saturated carbocycles. The molecule has 0 spiro atoms. The van der Waals surface area contributed by atoms with Crippen molar-refractivity contribution in [3.63, 3.8) is 0 Å². The molecule has 2 rings (SSSR count). The minimum absolute atomic E-state index is 0.128. The lowest BCUT2D eigenvalue weighted by molar-refractivity contribution is -0.123. The number of carbonyl (C=O) groups excluding carboxylic acids is 1. The van der Waals surface area contributed by atoms with Gasteiger partial charge in [0.25, 0.3) is 5.91 Å². The minimum atomic E-state index is -0.341. The van der Waals surface area contributed by atoms with Crippen molar-refractivity contribution >= 4 is 23.2 Å². The third kappa shape index (κ3) is 4.99. The van der Waals surface area contributed by atoms with Gasteiger partial charge in [-0.15, -0.1) is 0 Å². The fourth-order valence-electron chi connectivity index (χ4n) is 2.01. The highest BCUT2D eigenvalue weighted by molar-refractivity contribution is 6.30. The van der Waals surface area contributed by atoms with Crippen LogP contribution in [-0.2, 0) is 4.79 Å². The van der Waals surface area contributed by atoms with Crippen LogP contribution in [0, 0.1) is 6.92 Å². The number of aryl methyl sites for hydroxylation is 1. The zero-order chi connectivity index (χ0) is 17.5. The van der Waals surface area contributed by atoms with Gasteiger partial charge in [-0.05, 0) is 49.7 Å². The molecule has 0 aliphatic carbocycles. The predicted molar refractivity (Wildman–Crippen MR) is 95.0 cm³/mol. The van der Waals surface area contributed by atoms with Crippen LogP contribution >= 0.6 is 11.6 Å². The SMILES string of the molecule is COc1cccc(/C(C)=N\NC(=O)COc2ccc(Cl)cc2C)c1. The molecule has 5 nitrogen and oxygen atoms in total. The summed E-state index contributed by atoms with van der Waals surface area (Å²) in [4.78, 5) is 11.9. The van der Waals surface area contributed by atoms with E-state index < -0.39 is 0 Å². The topological polar surface area (TPSA) is 59.9 Å². The summed E-state index contributed by atoms with van der Waals surface area (Å²) < 4.78 is 10.6. The van der Waals surface area contributed by atoms with Gasteiger partial charge in [0, 0.05) is 10.6 Å². The van der Waals surface area contributed by atoms with Crippen LogP contribution in [0.25, 0.3) is 0 Å². The number of nitrogens with zero attached hydrogens (tertiary/aromatic N) is 1. The summed E-state index contributed by atoms with van der Waals surface area (Å²) in [7, 11) is 1.60. The number of amides is 1. The Morgan fingerprint density at radius 2 is 2.04 bits per heavy atom. The average Bonchev–Trinajstić information content (AvgIpc) is 2.59. The fourth-order valence-corrected chi connectivity index (χ4v) is 2.24. The van der Waals surface area contributed by atoms with Crippen LogP contribution < -0.4 is 14.9 Å². The van der Waals surface area contributed by atoms with Gasteiger partial charge in [-0.3, -0.25) is 4.79 Å². The molecule has 2 aromatic carbocycles. The molecule has 0 radical (unpaired) electrons. The first-order chi connectivity index (χ1) is 11.5. The van der Waals surface area contributed by atoms with Crippen LogP contribution in [0.1, 0.15) is 18.1 Å². The van der Waals surface area contributed by atoms with E-state index in [9.17, 15) is 4.79 Å². The first-order valence-corrected chi connectivity index (χ1v) is 7.74. The van der Waals surface area contributed by atoms with E-state index in [2.05, 4.69) is 10.5 Å². The van der Waals surface area contributed by atoms with E-state index >= 15 is 0 Å². The van der Waals surface area contributed by atoms with Crippen LogP contribution in [0.15, 0.2) is 47.6 Å². The fraction of sp³-hybridized carbons (Fsp3) is 0.222. The van der Waals surface area contributed by atoms with Gasteiger partial charge < -0.3 is 9.47 Å². The number of hydrogen-bond donors (Lipinski definition) is 1. The maximum atomic E-state index is 11.9. The maximum absolute atomic E-state index is 11.9. The van der Waals surface area contributed by atoms with Crippen molar-refractivity contribution in [1.29, 1.82) is 0 Å². The van der Waals surface area contributed by atoms with Gasteiger partial charge >= 0.3 is 0 Å². The van der Waals surface area contributed by atoms with Crippen LogP contribution in [0.2, 0.25) is 5.02 Å². The van der Waals surface area contributed by atoms with Gasteiger partial charge in [0.05, 0.1) is 12.8 Å². The molecule has 0 aromatic heterocycles. The number of carbonyl (C=O) groups is 1. The van der Waals surface area contributed by atoms with Crippen molar-refractivity contribution in [3.05, 3.63) is 58.6 Å². The molecular weight excluding hydrogens is 328 g/mol. The highest BCUT2D eigenvalue weighted by Crippen LogP contribution is 2.21. The standard InChI is InChI=1S/C18H19ClN2O3/c1-12-9-15(19)7-8-17(12)24-11-18(22)21-20-13(2)14-5-4-6-16(10-14)23-3/h4-10H,11H2,1-3H3,(H,21,22)/b20-13-. The average molecular weight is 347 g/mol. The Kier molecular flexibility index (Phi) is 6.21. The van der Waals surface area contributed by atoms with Crippen molar-refractivity contribution in [2.75, 3.05) is 13.7 Å². The van der Waals surface area contributed by atoms with Crippen molar-refractivity contribution < 1.29 is 14.3 Å². The van der Waals surface area contributed by atoms with E-state index in [0.717, 1.165) is 16.9 Å². The Balaban J connectivity index is 1.91. The Morgan fingerprint density at radius 3 is 2.75 bits per heavy atom. The lowest BCUT2D eigenvalue weighted by Crippen LogP contribution is -2.25. The number of methoxy groups -OCH3 is 1. The molecule has 0 fully saturated rings. The highest BCUT2D eigenvalue weighted by atomic mass is 35.5. The number of halogens is 1. The molecule has 0 atom stereocenters. The van der Waals surface area contributed by atoms with Gasteiger partial charge in [0.15, 0.2) is 6.61 Å². The van der Waals surface area contributed by atoms with E-state index in [1.54, 1.807) is 32.2 Å². The Hall–Kier alpha value is -2.53. The molecule has 126 valence electrons. The summed E-state index contributed by atoms with van der Waals surface area (Å²) in [6.07, 6.45) is 0. The number of rotatable bonds is 6. The van der Waals surface area contributed by atoms with Gasteiger partial charge in [-0.25, -0.2) is 5.43 Å². The first-order valence-electron chi connectivity index (χ1n) is 7.36. The van der Waals surface area contributed by atoms with Crippen molar-refractivity contribution in [3.8, 4) is 11.5 Å². The van der Waals surface area contributed by atoms with Crippen molar-refractivity contribution in [2.24, 2.45) is 5.10 Å². The Bertz CT molecular complexity index is 760. The molecule has 0 saturated heterocycles. The van der Waals surface area contributed by atoms with Gasteiger partial charge in [-0.1, -0.05) is 23.7 Å². The second-order valence-corrected chi connectivity index (χ2v) is 5.60. The number of benzene rings is 2. The van der Waals surface area contributed by atoms with E-state index in [-0.39, 0.29) is 12.5 Å². The first kappa shape index (κ1) is 17.8. The number of hydrazone groups is 1. The van der Waals surface area contributed by atoms with E-state index in [0.29, 0.717) is 16.5 Å². The zero-order valence-electron chi connectivity index (χ0n) is 13.8. The second kappa shape index (κ2) is 8.36. The quantitative estimate of drug-likeness (QED) is 0.642. The number of nitrogens with one attached hydrogen (secondary N) is 1. The smallest absolute Gasteiger partial charge is 0.277 e. The highest BCUT2D eigenvalue weighted by Gasteiger charge is 2.06. The summed E-state index contributed by atoms with van der Waals surface area (Å²) in [6.45, 7) is 3.54. The molecule has 0 aliphatic heterocycles.